The van der Waals surface area contributed by atoms with Gasteiger partial charge in [-0.05, 0) is 37.5 Å². The summed E-state index contributed by atoms with van der Waals surface area (Å²) in [6, 6.07) is 11.7. The minimum atomic E-state index is 0.317. The summed E-state index contributed by atoms with van der Waals surface area (Å²) in [5.74, 6) is 0. The minimum absolute atomic E-state index is 0.317. The lowest BCUT2D eigenvalue weighted by molar-refractivity contribution is 0.0686. The van der Waals surface area contributed by atoms with Crippen LogP contribution < -0.4 is 5.32 Å². The molecule has 1 saturated heterocycles. The van der Waals surface area contributed by atoms with Crippen LogP contribution >= 0.6 is 12.2 Å². The van der Waals surface area contributed by atoms with Gasteiger partial charge in [-0.1, -0.05) is 49.6 Å². The second-order valence-corrected chi connectivity index (χ2v) is 6.61. The minimum Gasteiger partial charge on any atom is -0.350 e. The van der Waals surface area contributed by atoms with E-state index in [2.05, 4.69) is 52.4 Å². The van der Waals surface area contributed by atoms with Gasteiger partial charge in [0.15, 0.2) is 5.11 Å². The molecule has 3 rings (SSSR count). The van der Waals surface area contributed by atoms with E-state index < -0.39 is 0 Å². The average molecular weight is 303 g/mol. The van der Waals surface area contributed by atoms with Gasteiger partial charge in [0.2, 0.25) is 0 Å². The number of hydrogen-bond acceptors (Lipinski definition) is 2. The van der Waals surface area contributed by atoms with Crippen molar-refractivity contribution in [3.8, 4) is 0 Å². The Morgan fingerprint density at radius 3 is 2.57 bits per heavy atom. The first-order valence-electron chi connectivity index (χ1n) is 8.09. The second kappa shape index (κ2) is 6.75. The van der Waals surface area contributed by atoms with Crippen molar-refractivity contribution in [2.75, 3.05) is 13.3 Å². The zero-order valence-electron chi connectivity index (χ0n) is 12.8. The summed E-state index contributed by atoms with van der Waals surface area (Å²) in [7, 11) is 0. The molecule has 2 aliphatic rings. The lowest BCUT2D eigenvalue weighted by atomic mass is 9.94. The summed E-state index contributed by atoms with van der Waals surface area (Å²) in [5.41, 5.74) is 1.33. The molecule has 1 aliphatic heterocycles. The Morgan fingerprint density at radius 1 is 1.14 bits per heavy atom. The van der Waals surface area contributed by atoms with E-state index in [1.54, 1.807) is 0 Å². The van der Waals surface area contributed by atoms with Crippen molar-refractivity contribution in [1.82, 2.24) is 15.1 Å². The molecule has 1 aromatic carbocycles. The van der Waals surface area contributed by atoms with E-state index in [0.29, 0.717) is 6.04 Å². The van der Waals surface area contributed by atoms with Crippen LogP contribution in [0.25, 0.3) is 0 Å². The summed E-state index contributed by atoms with van der Waals surface area (Å²) in [6.45, 7) is 4.10. The fraction of sp³-hybridized carbons (Fsp3) is 0.588. The number of rotatable bonds is 3. The zero-order valence-corrected chi connectivity index (χ0v) is 13.6. The third-order valence-corrected chi connectivity index (χ3v) is 5.25. The summed E-state index contributed by atoms with van der Waals surface area (Å²) >= 11 is 5.55. The fourth-order valence-corrected chi connectivity index (χ4v) is 3.76. The highest BCUT2D eigenvalue weighted by atomic mass is 32.1. The molecule has 4 heteroatoms. The van der Waals surface area contributed by atoms with Gasteiger partial charge in [-0.25, -0.2) is 0 Å². The maximum Gasteiger partial charge on any atom is 0.171 e. The smallest absolute Gasteiger partial charge is 0.171 e. The summed E-state index contributed by atoms with van der Waals surface area (Å²) in [4.78, 5) is 4.89. The van der Waals surface area contributed by atoms with Crippen LogP contribution in [0.2, 0.25) is 0 Å². The lowest BCUT2D eigenvalue weighted by Gasteiger charge is -2.45. The van der Waals surface area contributed by atoms with E-state index in [1.807, 2.05) is 0 Å². The Bertz CT molecular complexity index is 470. The van der Waals surface area contributed by atoms with Gasteiger partial charge < -0.3 is 10.2 Å². The van der Waals surface area contributed by atoms with Crippen molar-refractivity contribution < 1.29 is 0 Å². The number of nitrogens with zero attached hydrogens (tertiary/aromatic N) is 2. The van der Waals surface area contributed by atoms with E-state index in [4.69, 9.17) is 12.2 Å². The number of nitrogens with one attached hydrogen (secondary N) is 1. The highest BCUT2D eigenvalue weighted by Crippen LogP contribution is 2.27. The molecule has 1 atom stereocenters. The number of hydrogen-bond donors (Lipinski definition) is 1. The van der Waals surface area contributed by atoms with Gasteiger partial charge in [0.05, 0.1) is 19.4 Å². The van der Waals surface area contributed by atoms with Crippen LogP contribution in [0.15, 0.2) is 30.3 Å². The van der Waals surface area contributed by atoms with E-state index in [9.17, 15) is 0 Å². The summed E-state index contributed by atoms with van der Waals surface area (Å²) < 4.78 is 0. The predicted molar refractivity (Wildman–Crippen MR) is 90.9 cm³/mol. The van der Waals surface area contributed by atoms with Gasteiger partial charge in [-0.2, -0.15) is 0 Å². The molecule has 1 N–H and O–H groups in total. The molecule has 114 valence electrons. The average Bonchev–Trinajstić information content (AvgIpc) is 2.56. The van der Waals surface area contributed by atoms with Gasteiger partial charge in [-0.15, -0.1) is 0 Å². The predicted octanol–water partition coefficient (Wildman–Crippen LogP) is 3.49. The van der Waals surface area contributed by atoms with Gasteiger partial charge >= 0.3 is 0 Å². The fourth-order valence-electron chi connectivity index (χ4n) is 3.48. The molecule has 0 bridgehead atoms. The van der Waals surface area contributed by atoms with Crippen molar-refractivity contribution in [3.63, 3.8) is 0 Å². The van der Waals surface area contributed by atoms with Gasteiger partial charge in [0, 0.05) is 6.04 Å². The molecule has 3 nitrogen and oxygen atoms in total. The Labute approximate surface area is 133 Å². The summed E-state index contributed by atoms with van der Waals surface area (Å²) in [6.07, 6.45) is 6.82. The molecule has 0 aromatic heterocycles. The molecule has 0 radical (unpaired) electrons. The first kappa shape index (κ1) is 14.8. The molecule has 21 heavy (non-hydrogen) atoms. The standard InChI is InChI=1S/C17H25N3S/c1-14(15-8-4-2-5-9-15)20-13-19(12-18-17(20)21)16-10-6-3-7-11-16/h2,4-5,8-9,14,16H,3,6-7,10-13H2,1H3,(H,18,21)/t14-/m1/s1. The molecule has 0 amide bonds. The molecule has 0 spiro atoms. The summed E-state index contributed by atoms with van der Waals surface area (Å²) in [5, 5.41) is 4.30. The number of benzene rings is 1. The molecule has 0 unspecified atom stereocenters. The second-order valence-electron chi connectivity index (χ2n) is 6.22. The van der Waals surface area contributed by atoms with E-state index in [0.717, 1.165) is 24.5 Å². The Hall–Kier alpha value is -1.13. The van der Waals surface area contributed by atoms with Crippen LogP contribution in [0, 0.1) is 0 Å². The molecular formula is C17H25N3S. The lowest BCUT2D eigenvalue weighted by Crippen LogP contribution is -2.59. The van der Waals surface area contributed by atoms with Crippen LogP contribution in [0.5, 0.6) is 0 Å². The SMILES string of the molecule is C[C@H](c1ccccc1)N1CN(C2CCCCC2)CNC1=S. The van der Waals surface area contributed by atoms with Crippen molar-refractivity contribution in [3.05, 3.63) is 35.9 Å². The maximum absolute atomic E-state index is 5.55. The largest absolute Gasteiger partial charge is 0.350 e. The molecule has 1 aromatic rings. The topological polar surface area (TPSA) is 18.5 Å². The van der Waals surface area contributed by atoms with E-state index in [1.165, 1.54) is 37.7 Å². The quantitative estimate of drug-likeness (QED) is 0.861. The highest BCUT2D eigenvalue weighted by molar-refractivity contribution is 7.80. The molecular weight excluding hydrogens is 278 g/mol. The Kier molecular flexibility index (Phi) is 4.76. The van der Waals surface area contributed by atoms with Crippen molar-refractivity contribution in [1.29, 1.82) is 0 Å². The maximum atomic E-state index is 5.55. The first-order chi connectivity index (χ1) is 10.3. The van der Waals surface area contributed by atoms with Crippen LogP contribution in [-0.2, 0) is 0 Å². The van der Waals surface area contributed by atoms with Crippen molar-refractivity contribution in [2.24, 2.45) is 0 Å². The Balaban J connectivity index is 1.69. The number of thiocarbonyl (C=S) groups is 1. The van der Waals surface area contributed by atoms with Gasteiger partial charge in [0.25, 0.3) is 0 Å². The van der Waals surface area contributed by atoms with Gasteiger partial charge in [-0.3, -0.25) is 4.90 Å². The third kappa shape index (κ3) is 3.38. The van der Waals surface area contributed by atoms with Crippen LogP contribution in [0.1, 0.15) is 50.6 Å². The molecule has 1 aliphatic carbocycles. The monoisotopic (exact) mass is 303 g/mol. The zero-order chi connectivity index (χ0) is 14.7. The Morgan fingerprint density at radius 2 is 1.86 bits per heavy atom. The normalized spacial score (nSPS) is 22.9. The van der Waals surface area contributed by atoms with E-state index in [-0.39, 0.29) is 0 Å². The third-order valence-electron chi connectivity index (χ3n) is 4.87. The molecule has 1 heterocycles. The highest BCUT2D eigenvalue weighted by Gasteiger charge is 2.30. The molecule has 1 saturated carbocycles. The van der Waals surface area contributed by atoms with E-state index >= 15 is 0 Å². The van der Waals surface area contributed by atoms with Crippen molar-refractivity contribution in [2.45, 2.75) is 51.1 Å². The van der Waals surface area contributed by atoms with Crippen LogP contribution in [0.3, 0.4) is 0 Å². The van der Waals surface area contributed by atoms with Crippen LogP contribution in [-0.4, -0.2) is 34.3 Å². The van der Waals surface area contributed by atoms with Gasteiger partial charge in [0.1, 0.15) is 0 Å². The molecule has 2 fully saturated rings. The van der Waals surface area contributed by atoms with Crippen LogP contribution in [0.4, 0.5) is 0 Å². The first-order valence-corrected chi connectivity index (χ1v) is 8.50. The van der Waals surface area contributed by atoms with Crippen molar-refractivity contribution >= 4 is 17.3 Å².